The minimum absolute atomic E-state index is 0.186. The van der Waals surface area contributed by atoms with Gasteiger partial charge in [-0.1, -0.05) is 30.3 Å². The molecule has 0 amide bonds. The van der Waals surface area contributed by atoms with Crippen LogP contribution in [0.15, 0.2) is 53.1 Å². The van der Waals surface area contributed by atoms with Crippen LogP contribution in [0.3, 0.4) is 0 Å². The number of methoxy groups -OCH3 is 1. The molecule has 0 spiro atoms. The molecule has 3 aromatic rings. The summed E-state index contributed by atoms with van der Waals surface area (Å²) in [5, 5.41) is 0.891. The lowest BCUT2D eigenvalue weighted by atomic mass is 9.98. The quantitative estimate of drug-likeness (QED) is 0.791. The molecule has 0 aliphatic heterocycles. The van der Waals surface area contributed by atoms with Crippen LogP contribution >= 0.6 is 0 Å². The number of hydrogen-bond donors (Lipinski definition) is 1. The van der Waals surface area contributed by atoms with Crippen LogP contribution in [-0.2, 0) is 0 Å². The molecule has 0 aliphatic carbocycles. The zero-order valence-electron chi connectivity index (χ0n) is 11.0. The second-order valence-corrected chi connectivity index (χ2v) is 4.53. The van der Waals surface area contributed by atoms with Crippen molar-refractivity contribution < 1.29 is 13.5 Å². The first-order valence-corrected chi connectivity index (χ1v) is 6.26. The van der Waals surface area contributed by atoms with Gasteiger partial charge in [-0.15, -0.1) is 0 Å². The molecule has 2 N–H and O–H groups in total. The highest BCUT2D eigenvalue weighted by atomic mass is 19.1. The van der Waals surface area contributed by atoms with E-state index in [0.29, 0.717) is 5.56 Å². The highest BCUT2D eigenvalue weighted by molar-refractivity contribution is 5.81. The maximum absolute atomic E-state index is 14.3. The Kier molecular flexibility index (Phi) is 3.16. The fourth-order valence-corrected chi connectivity index (χ4v) is 2.33. The molecule has 0 bridgehead atoms. The van der Waals surface area contributed by atoms with Gasteiger partial charge in [0.15, 0.2) is 11.6 Å². The molecule has 0 radical (unpaired) electrons. The van der Waals surface area contributed by atoms with Crippen LogP contribution in [0.5, 0.6) is 5.75 Å². The molecule has 1 aromatic heterocycles. The molecule has 0 saturated carbocycles. The van der Waals surface area contributed by atoms with Gasteiger partial charge < -0.3 is 14.9 Å². The molecule has 2 aromatic carbocycles. The summed E-state index contributed by atoms with van der Waals surface area (Å²) in [6, 6.07) is 11.9. The predicted molar refractivity (Wildman–Crippen MR) is 75.2 cm³/mol. The van der Waals surface area contributed by atoms with Gasteiger partial charge in [0, 0.05) is 16.5 Å². The molecule has 3 rings (SSSR count). The number of fused-ring (bicyclic) bond motifs is 1. The lowest BCUT2D eigenvalue weighted by Crippen LogP contribution is -2.13. The number of nitrogens with two attached hydrogens (primary N) is 1. The number of para-hydroxylation sites is 1. The summed E-state index contributed by atoms with van der Waals surface area (Å²) in [7, 11) is 1.43. The van der Waals surface area contributed by atoms with Gasteiger partial charge in [-0.05, 0) is 12.1 Å². The van der Waals surface area contributed by atoms with E-state index in [1.807, 2.05) is 24.3 Å². The molecular weight excluding hydrogens is 257 g/mol. The Bertz CT molecular complexity index is 751. The summed E-state index contributed by atoms with van der Waals surface area (Å²) in [4.78, 5) is 0. The van der Waals surface area contributed by atoms with E-state index in [1.165, 1.54) is 7.11 Å². The summed E-state index contributed by atoms with van der Waals surface area (Å²) < 4.78 is 24.7. The van der Waals surface area contributed by atoms with E-state index < -0.39 is 11.9 Å². The second-order valence-electron chi connectivity index (χ2n) is 4.53. The lowest BCUT2D eigenvalue weighted by molar-refractivity contribution is 0.383. The summed E-state index contributed by atoms with van der Waals surface area (Å²) in [6.45, 7) is 0. The first-order valence-electron chi connectivity index (χ1n) is 6.26. The number of halogens is 1. The van der Waals surface area contributed by atoms with Gasteiger partial charge in [0.1, 0.15) is 5.58 Å². The third-order valence-corrected chi connectivity index (χ3v) is 3.39. The van der Waals surface area contributed by atoms with E-state index in [9.17, 15) is 4.39 Å². The zero-order valence-corrected chi connectivity index (χ0v) is 11.0. The van der Waals surface area contributed by atoms with Crippen LogP contribution < -0.4 is 10.5 Å². The maximum atomic E-state index is 14.3. The first-order chi connectivity index (χ1) is 9.72. The Morgan fingerprint density at radius 2 is 1.90 bits per heavy atom. The largest absolute Gasteiger partial charge is 0.494 e. The minimum Gasteiger partial charge on any atom is -0.494 e. The third kappa shape index (κ3) is 1.94. The van der Waals surface area contributed by atoms with Crippen molar-refractivity contribution in [2.75, 3.05) is 7.11 Å². The van der Waals surface area contributed by atoms with Crippen LogP contribution in [-0.4, -0.2) is 7.11 Å². The number of furan rings is 1. The lowest BCUT2D eigenvalue weighted by Gasteiger charge is -2.13. The number of ether oxygens (including phenoxy) is 1. The average molecular weight is 271 g/mol. The van der Waals surface area contributed by atoms with Gasteiger partial charge in [0.2, 0.25) is 0 Å². The second kappa shape index (κ2) is 4.98. The van der Waals surface area contributed by atoms with Gasteiger partial charge in [0.25, 0.3) is 0 Å². The molecule has 0 aliphatic rings. The monoisotopic (exact) mass is 271 g/mol. The van der Waals surface area contributed by atoms with Gasteiger partial charge >= 0.3 is 0 Å². The molecule has 0 fully saturated rings. The van der Waals surface area contributed by atoms with Crippen LogP contribution in [0.4, 0.5) is 4.39 Å². The topological polar surface area (TPSA) is 48.4 Å². The Morgan fingerprint density at radius 3 is 2.70 bits per heavy atom. The van der Waals surface area contributed by atoms with Gasteiger partial charge in [-0.25, -0.2) is 4.39 Å². The summed E-state index contributed by atoms with van der Waals surface area (Å²) >= 11 is 0. The van der Waals surface area contributed by atoms with Crippen molar-refractivity contribution in [3.63, 3.8) is 0 Å². The van der Waals surface area contributed by atoms with Crippen molar-refractivity contribution in [1.29, 1.82) is 0 Å². The minimum atomic E-state index is -0.603. The highest BCUT2D eigenvalue weighted by Crippen LogP contribution is 2.32. The van der Waals surface area contributed by atoms with Crippen molar-refractivity contribution in [1.82, 2.24) is 0 Å². The number of hydrogen-bond acceptors (Lipinski definition) is 3. The number of rotatable bonds is 3. The van der Waals surface area contributed by atoms with E-state index in [2.05, 4.69) is 0 Å². The smallest absolute Gasteiger partial charge is 0.170 e. The van der Waals surface area contributed by atoms with Crippen LogP contribution in [0.1, 0.15) is 17.2 Å². The Morgan fingerprint density at radius 1 is 1.10 bits per heavy atom. The molecule has 1 unspecified atom stereocenters. The highest BCUT2D eigenvalue weighted by Gasteiger charge is 2.20. The van der Waals surface area contributed by atoms with Crippen LogP contribution in [0, 0.1) is 5.82 Å². The summed E-state index contributed by atoms with van der Waals surface area (Å²) in [6.07, 6.45) is 1.58. The SMILES string of the molecule is COc1cccc(C(N)c2coc3ccccc23)c1F. The van der Waals surface area contributed by atoms with Gasteiger partial charge in [-0.2, -0.15) is 0 Å². The van der Waals surface area contributed by atoms with E-state index in [0.717, 1.165) is 16.5 Å². The zero-order chi connectivity index (χ0) is 14.1. The average Bonchev–Trinajstić information content (AvgIpc) is 2.91. The van der Waals surface area contributed by atoms with Crippen molar-refractivity contribution in [3.8, 4) is 5.75 Å². The predicted octanol–water partition coefficient (Wildman–Crippen LogP) is 3.63. The van der Waals surface area contributed by atoms with Crippen LogP contribution in [0.25, 0.3) is 11.0 Å². The molecule has 0 saturated heterocycles. The number of benzene rings is 2. The maximum Gasteiger partial charge on any atom is 0.170 e. The fourth-order valence-electron chi connectivity index (χ4n) is 2.33. The van der Waals surface area contributed by atoms with Crippen molar-refractivity contribution >= 4 is 11.0 Å². The fraction of sp³-hybridized carbons (Fsp3) is 0.125. The normalized spacial score (nSPS) is 12.6. The standard InChI is InChI=1S/C16H14FNO2/c1-19-14-8-4-6-11(15(14)17)16(18)12-9-20-13-7-3-2-5-10(12)13/h2-9,16H,18H2,1H3. The van der Waals surface area contributed by atoms with E-state index in [1.54, 1.807) is 24.5 Å². The van der Waals surface area contributed by atoms with E-state index >= 15 is 0 Å². The van der Waals surface area contributed by atoms with Crippen molar-refractivity contribution in [3.05, 3.63) is 65.7 Å². The summed E-state index contributed by atoms with van der Waals surface area (Å²) in [5.74, 6) is -0.251. The molecule has 4 heteroatoms. The third-order valence-electron chi connectivity index (χ3n) is 3.39. The Hall–Kier alpha value is -2.33. The molecule has 20 heavy (non-hydrogen) atoms. The van der Waals surface area contributed by atoms with Crippen LogP contribution in [0.2, 0.25) is 0 Å². The van der Waals surface area contributed by atoms with Crippen molar-refractivity contribution in [2.24, 2.45) is 5.73 Å². The summed E-state index contributed by atoms with van der Waals surface area (Å²) in [5.41, 5.74) is 8.08. The van der Waals surface area contributed by atoms with Gasteiger partial charge in [-0.3, -0.25) is 0 Å². The molecule has 3 nitrogen and oxygen atoms in total. The van der Waals surface area contributed by atoms with E-state index in [4.69, 9.17) is 14.9 Å². The Labute approximate surface area is 115 Å². The first kappa shape index (κ1) is 12.7. The van der Waals surface area contributed by atoms with Gasteiger partial charge in [0.05, 0.1) is 19.4 Å². The van der Waals surface area contributed by atoms with E-state index in [-0.39, 0.29) is 5.75 Å². The van der Waals surface area contributed by atoms with Crippen molar-refractivity contribution in [2.45, 2.75) is 6.04 Å². The molecule has 1 atom stereocenters. The molecule has 102 valence electrons. The Balaban J connectivity index is 2.11. The molecular formula is C16H14FNO2. The molecule has 1 heterocycles.